The van der Waals surface area contributed by atoms with Crippen LogP contribution >= 0.6 is 0 Å². The van der Waals surface area contributed by atoms with E-state index in [9.17, 15) is 0 Å². The van der Waals surface area contributed by atoms with Gasteiger partial charge in [-0.1, -0.05) is 177 Å². The molecule has 0 spiro atoms. The molecular weight excluding hydrogens is 841 g/mol. The van der Waals surface area contributed by atoms with Crippen LogP contribution < -0.4 is 26.3 Å². The third kappa shape index (κ3) is 6.57. The average Bonchev–Trinajstić information content (AvgIpc) is 3.76. The van der Waals surface area contributed by atoms with Gasteiger partial charge in [-0.3, -0.25) is 0 Å². The van der Waals surface area contributed by atoms with Gasteiger partial charge in [0.2, 0.25) is 0 Å². The van der Waals surface area contributed by atoms with Crippen molar-refractivity contribution in [2.75, 3.05) is 9.80 Å². The molecule has 5 heteroatoms. The summed E-state index contributed by atoms with van der Waals surface area (Å²) in [5, 5.41) is 2.44. The number of benzene rings is 10. The second kappa shape index (κ2) is 16.6. The van der Waals surface area contributed by atoms with E-state index in [1.807, 2.05) is 12.1 Å². The molecule has 0 saturated carbocycles. The van der Waals surface area contributed by atoms with Crippen molar-refractivity contribution in [3.05, 3.63) is 254 Å². The second-order valence-corrected chi connectivity index (χ2v) is 18.0. The molecule has 3 heterocycles. The van der Waals surface area contributed by atoms with Crippen molar-refractivity contribution in [1.82, 2.24) is 4.57 Å². The molecule has 0 radical (unpaired) electrons. The highest BCUT2D eigenvalue weighted by Gasteiger charge is 2.45. The molecule has 326 valence electrons. The number of fused-ring (bicyclic) bond motifs is 4. The molecule has 13 rings (SSSR count). The maximum Gasteiger partial charge on any atom is 0.269 e. The number of nitrogens with zero attached hydrogens (tertiary/aromatic N) is 3. The Morgan fingerprint density at radius 3 is 1.77 bits per heavy atom. The van der Waals surface area contributed by atoms with Crippen LogP contribution in [0.2, 0.25) is 0 Å². The summed E-state index contributed by atoms with van der Waals surface area (Å²) in [4.78, 5) is 4.84. The van der Waals surface area contributed by atoms with Crippen molar-refractivity contribution >= 4 is 68.1 Å². The maximum atomic E-state index is 16.0. The van der Waals surface area contributed by atoms with Crippen LogP contribution in [0, 0.1) is 5.82 Å². The monoisotopic (exact) mass is 885 g/mol. The minimum atomic E-state index is -0.247. The lowest BCUT2D eigenvalue weighted by atomic mass is 9.33. The molecular formula is C64H45BFN3. The number of hydrogen-bond donors (Lipinski definition) is 0. The van der Waals surface area contributed by atoms with Crippen molar-refractivity contribution in [2.45, 2.75) is 13.3 Å². The fourth-order valence-corrected chi connectivity index (χ4v) is 11.3. The molecule has 0 atom stereocenters. The molecule has 0 unspecified atom stereocenters. The van der Waals surface area contributed by atoms with Crippen LogP contribution in [-0.2, 0) is 6.42 Å². The zero-order valence-electron chi connectivity index (χ0n) is 38.1. The van der Waals surface area contributed by atoms with Crippen molar-refractivity contribution < 1.29 is 4.39 Å². The van der Waals surface area contributed by atoms with Crippen LogP contribution in [0.5, 0.6) is 0 Å². The molecule has 69 heavy (non-hydrogen) atoms. The van der Waals surface area contributed by atoms with Gasteiger partial charge in [0.25, 0.3) is 6.71 Å². The molecule has 0 aliphatic carbocycles. The zero-order valence-corrected chi connectivity index (χ0v) is 38.1. The Balaban J connectivity index is 1.19. The number of rotatable bonds is 9. The van der Waals surface area contributed by atoms with Gasteiger partial charge in [0.05, 0.1) is 5.69 Å². The fourth-order valence-electron chi connectivity index (χ4n) is 11.3. The third-order valence-corrected chi connectivity index (χ3v) is 14.2. The number of aryl methyl sites for hydroxylation is 1. The Labute approximate surface area is 402 Å². The number of hydrogen-bond acceptors (Lipinski definition) is 2. The SMILES string of the molecule is CCc1ccccc1-c1cccc(N2c3cc(-c4ccccc4F)ccc3B3c4c(cc(N(c5ccccc5)c5ccccc5)cc42)-c2cccc4c(-c5ccccc5)n(-c5ccccc5)c3c24)c1. The molecule has 0 bridgehead atoms. The summed E-state index contributed by atoms with van der Waals surface area (Å²) in [5.74, 6) is -0.247. The van der Waals surface area contributed by atoms with E-state index in [2.05, 4.69) is 240 Å². The molecule has 2 aliphatic heterocycles. The van der Waals surface area contributed by atoms with Gasteiger partial charge in [-0.2, -0.15) is 0 Å². The molecule has 0 fully saturated rings. The first-order chi connectivity index (χ1) is 34.1. The van der Waals surface area contributed by atoms with Crippen molar-refractivity contribution in [3.63, 3.8) is 0 Å². The predicted molar refractivity (Wildman–Crippen MR) is 288 cm³/mol. The number of aromatic nitrogens is 1. The Morgan fingerprint density at radius 1 is 0.449 bits per heavy atom. The van der Waals surface area contributed by atoms with E-state index in [1.54, 1.807) is 12.1 Å². The minimum absolute atomic E-state index is 0.203. The van der Waals surface area contributed by atoms with E-state index >= 15 is 4.39 Å². The Bertz CT molecular complexity index is 3700. The van der Waals surface area contributed by atoms with Gasteiger partial charge in [-0.25, -0.2) is 4.39 Å². The van der Waals surface area contributed by atoms with Crippen LogP contribution in [0.15, 0.2) is 243 Å². The molecule has 0 amide bonds. The van der Waals surface area contributed by atoms with Crippen LogP contribution in [0.1, 0.15) is 12.5 Å². The van der Waals surface area contributed by atoms with Crippen LogP contribution in [-0.4, -0.2) is 11.3 Å². The van der Waals surface area contributed by atoms with Crippen LogP contribution in [0.3, 0.4) is 0 Å². The molecule has 2 aliphatic rings. The van der Waals surface area contributed by atoms with E-state index in [-0.39, 0.29) is 12.5 Å². The van der Waals surface area contributed by atoms with Crippen molar-refractivity contribution in [1.29, 1.82) is 0 Å². The van der Waals surface area contributed by atoms with Gasteiger partial charge >= 0.3 is 0 Å². The number of anilines is 6. The normalized spacial score (nSPS) is 12.2. The quantitative estimate of drug-likeness (QED) is 0.134. The predicted octanol–water partition coefficient (Wildman–Crippen LogP) is 15.1. The Kier molecular flexibility index (Phi) is 9.76. The van der Waals surface area contributed by atoms with Gasteiger partial charge in [-0.05, 0) is 129 Å². The topological polar surface area (TPSA) is 11.4 Å². The van der Waals surface area contributed by atoms with E-state index in [0.29, 0.717) is 5.56 Å². The number of para-hydroxylation sites is 3. The highest BCUT2D eigenvalue weighted by molar-refractivity contribution is 7.00. The summed E-state index contributed by atoms with van der Waals surface area (Å²) in [5.41, 5.74) is 20.8. The van der Waals surface area contributed by atoms with Gasteiger partial charge in [0.1, 0.15) is 5.82 Å². The van der Waals surface area contributed by atoms with Gasteiger partial charge in [0, 0.05) is 61.7 Å². The zero-order chi connectivity index (χ0) is 46.0. The first-order valence-corrected chi connectivity index (χ1v) is 23.9. The smallest absolute Gasteiger partial charge is 0.269 e. The summed E-state index contributed by atoms with van der Waals surface area (Å²) in [6, 6.07) is 86.2. The van der Waals surface area contributed by atoms with E-state index in [4.69, 9.17) is 0 Å². The van der Waals surface area contributed by atoms with E-state index in [0.717, 1.165) is 74.1 Å². The second-order valence-electron chi connectivity index (χ2n) is 18.0. The van der Waals surface area contributed by atoms with Gasteiger partial charge in [-0.15, -0.1) is 0 Å². The van der Waals surface area contributed by atoms with Crippen molar-refractivity contribution in [2.24, 2.45) is 0 Å². The first kappa shape index (κ1) is 40.6. The highest BCUT2D eigenvalue weighted by atomic mass is 19.1. The van der Waals surface area contributed by atoms with Crippen LogP contribution in [0.25, 0.3) is 61.1 Å². The fraction of sp³-hybridized carbons (Fsp3) is 0.0312. The molecule has 0 N–H and O–H groups in total. The lowest BCUT2D eigenvalue weighted by molar-refractivity contribution is 0.631. The molecule has 11 aromatic rings. The van der Waals surface area contributed by atoms with E-state index in [1.165, 1.54) is 44.1 Å². The Morgan fingerprint density at radius 2 is 1.04 bits per heavy atom. The maximum absolute atomic E-state index is 16.0. The number of halogens is 1. The highest BCUT2D eigenvalue weighted by Crippen LogP contribution is 2.49. The lowest BCUT2D eigenvalue weighted by Gasteiger charge is -2.41. The third-order valence-electron chi connectivity index (χ3n) is 14.2. The summed E-state index contributed by atoms with van der Waals surface area (Å²) < 4.78 is 18.6. The Hall–Kier alpha value is -8.67. The lowest BCUT2D eigenvalue weighted by Crippen LogP contribution is -2.61. The summed E-state index contributed by atoms with van der Waals surface area (Å²) in [7, 11) is 0. The summed E-state index contributed by atoms with van der Waals surface area (Å²) in [6.07, 6.45) is 0.922. The average molecular weight is 886 g/mol. The summed E-state index contributed by atoms with van der Waals surface area (Å²) >= 11 is 0. The van der Waals surface area contributed by atoms with Gasteiger partial charge < -0.3 is 14.4 Å². The van der Waals surface area contributed by atoms with Gasteiger partial charge in [0.15, 0.2) is 0 Å². The minimum Gasteiger partial charge on any atom is -0.320 e. The molecule has 1 aromatic heterocycles. The summed E-state index contributed by atoms with van der Waals surface area (Å²) in [6.45, 7) is 2.02. The largest absolute Gasteiger partial charge is 0.320 e. The standard InChI is InChI=1S/C64H45BFN3/c1-2-43-21-15-16-32-52(43)45-24-19-31-50(39-45)68-59-40-46(53-33-17-18-36-58(53)66)37-38-57(59)65-62-56(41-51(42-60(62)68)67(47-25-9-4-10-26-47)48-27-11-5-12-28-48)54-34-20-35-55-61(54)64(65)69(49-29-13-6-14-30-49)63(55)44-22-7-3-8-23-44/h3-42H,2H2,1H3. The van der Waals surface area contributed by atoms with Crippen LogP contribution in [0.4, 0.5) is 38.5 Å². The molecule has 0 saturated heterocycles. The molecule has 3 nitrogen and oxygen atoms in total. The first-order valence-electron chi connectivity index (χ1n) is 23.9. The van der Waals surface area contributed by atoms with Crippen molar-refractivity contribution in [3.8, 4) is 50.3 Å². The molecule has 10 aromatic carbocycles. The van der Waals surface area contributed by atoms with E-state index < -0.39 is 0 Å².